The molecule has 1 aliphatic rings. The number of anilines is 2. The molecule has 6 nitrogen and oxygen atoms in total. The van der Waals surface area contributed by atoms with Gasteiger partial charge in [-0.15, -0.1) is 0 Å². The predicted octanol–water partition coefficient (Wildman–Crippen LogP) is 3.92. The van der Waals surface area contributed by atoms with Crippen LogP contribution in [0.4, 0.5) is 11.6 Å². The topological polar surface area (TPSA) is 74.6 Å². The average Bonchev–Trinajstić information content (AvgIpc) is 2.59. The number of rotatable bonds is 4. The van der Waals surface area contributed by atoms with Crippen molar-refractivity contribution in [2.24, 2.45) is 15.6 Å². The molecule has 1 fully saturated rings. The SMILES string of the molecule is CC1(C)C/C(=N/Nc2ccccn2)C/C(=N/Nc2ccccn2)C1. The van der Waals surface area contributed by atoms with Crippen molar-refractivity contribution in [3.05, 3.63) is 48.8 Å². The van der Waals surface area contributed by atoms with Crippen LogP contribution in [-0.4, -0.2) is 21.4 Å². The lowest BCUT2D eigenvalue weighted by Crippen LogP contribution is -2.30. The highest BCUT2D eigenvalue weighted by Crippen LogP contribution is 2.32. The normalized spacial score (nSPS) is 20.1. The van der Waals surface area contributed by atoms with Crippen molar-refractivity contribution in [2.45, 2.75) is 33.1 Å². The van der Waals surface area contributed by atoms with Gasteiger partial charge < -0.3 is 0 Å². The zero-order valence-corrected chi connectivity index (χ0v) is 14.0. The van der Waals surface area contributed by atoms with Crippen LogP contribution >= 0.6 is 0 Å². The van der Waals surface area contributed by atoms with Gasteiger partial charge in [-0.1, -0.05) is 26.0 Å². The third-order valence-corrected chi connectivity index (χ3v) is 3.76. The molecule has 0 aromatic carbocycles. The first-order valence-corrected chi connectivity index (χ1v) is 8.06. The molecule has 0 spiro atoms. The fourth-order valence-electron chi connectivity index (χ4n) is 2.82. The lowest BCUT2D eigenvalue weighted by molar-refractivity contribution is 0.389. The number of hydrogen-bond donors (Lipinski definition) is 2. The second kappa shape index (κ2) is 7.21. The van der Waals surface area contributed by atoms with Gasteiger partial charge in [0, 0.05) is 30.2 Å². The van der Waals surface area contributed by atoms with Gasteiger partial charge in [-0.2, -0.15) is 10.2 Å². The van der Waals surface area contributed by atoms with Gasteiger partial charge in [-0.25, -0.2) is 9.97 Å². The molecule has 0 amide bonds. The van der Waals surface area contributed by atoms with Gasteiger partial charge in [0.15, 0.2) is 0 Å². The van der Waals surface area contributed by atoms with E-state index in [4.69, 9.17) is 0 Å². The van der Waals surface area contributed by atoms with E-state index < -0.39 is 0 Å². The molecule has 0 saturated heterocycles. The van der Waals surface area contributed by atoms with E-state index >= 15 is 0 Å². The number of hydrogen-bond acceptors (Lipinski definition) is 6. The van der Waals surface area contributed by atoms with Crippen LogP contribution in [0, 0.1) is 5.41 Å². The third-order valence-electron chi connectivity index (χ3n) is 3.76. The summed E-state index contributed by atoms with van der Waals surface area (Å²) in [5, 5.41) is 9.07. The molecule has 124 valence electrons. The first-order chi connectivity index (χ1) is 11.6. The van der Waals surface area contributed by atoms with Gasteiger partial charge in [-0.3, -0.25) is 10.9 Å². The molecule has 2 N–H and O–H groups in total. The van der Waals surface area contributed by atoms with Crippen LogP contribution in [0.25, 0.3) is 0 Å². The maximum absolute atomic E-state index is 4.53. The fraction of sp³-hybridized carbons (Fsp3) is 0.333. The molecule has 1 aliphatic carbocycles. The minimum absolute atomic E-state index is 0.132. The standard InChI is InChI=1S/C18H22N6/c1-18(2)12-14(21-23-16-7-3-5-9-19-16)11-15(13-18)22-24-17-8-4-6-10-20-17/h3-10H,11-13H2,1-2H3,(H,19,23)(H,20,24)/b21-14-,22-15+. The van der Waals surface area contributed by atoms with Crippen molar-refractivity contribution < 1.29 is 0 Å². The van der Waals surface area contributed by atoms with Crippen molar-refractivity contribution in [3.8, 4) is 0 Å². The molecule has 2 heterocycles. The zero-order valence-electron chi connectivity index (χ0n) is 14.0. The maximum atomic E-state index is 4.53. The van der Waals surface area contributed by atoms with E-state index in [0.717, 1.165) is 42.3 Å². The molecule has 1 saturated carbocycles. The second-order valence-corrected chi connectivity index (χ2v) is 6.70. The Morgan fingerprint density at radius 2 is 1.33 bits per heavy atom. The first-order valence-electron chi connectivity index (χ1n) is 8.06. The lowest BCUT2D eigenvalue weighted by atomic mass is 9.75. The summed E-state index contributed by atoms with van der Waals surface area (Å²) in [5.41, 5.74) is 8.37. The van der Waals surface area contributed by atoms with Crippen LogP contribution in [0.15, 0.2) is 59.0 Å². The fourth-order valence-corrected chi connectivity index (χ4v) is 2.82. The average molecular weight is 322 g/mol. The highest BCUT2D eigenvalue weighted by Gasteiger charge is 2.29. The van der Waals surface area contributed by atoms with Gasteiger partial charge in [0.25, 0.3) is 0 Å². The van der Waals surface area contributed by atoms with Crippen LogP contribution in [0.1, 0.15) is 33.1 Å². The Kier molecular flexibility index (Phi) is 4.84. The van der Waals surface area contributed by atoms with Crippen LogP contribution < -0.4 is 10.9 Å². The van der Waals surface area contributed by atoms with Crippen LogP contribution in [0.3, 0.4) is 0 Å². The van der Waals surface area contributed by atoms with E-state index in [9.17, 15) is 0 Å². The zero-order chi connectivity index (χ0) is 16.8. The molecule has 0 unspecified atom stereocenters. The van der Waals surface area contributed by atoms with Crippen LogP contribution in [-0.2, 0) is 0 Å². The molecule has 2 aromatic rings. The van der Waals surface area contributed by atoms with Crippen molar-refractivity contribution in [1.29, 1.82) is 0 Å². The highest BCUT2D eigenvalue weighted by molar-refractivity contribution is 6.07. The molecule has 24 heavy (non-hydrogen) atoms. The van der Waals surface area contributed by atoms with Gasteiger partial charge >= 0.3 is 0 Å². The largest absolute Gasteiger partial charge is 0.261 e. The molecular formula is C18H22N6. The summed E-state index contributed by atoms with van der Waals surface area (Å²) in [4.78, 5) is 8.45. The molecule has 0 radical (unpaired) electrons. The van der Waals surface area contributed by atoms with Crippen molar-refractivity contribution in [1.82, 2.24) is 9.97 Å². The molecule has 6 heteroatoms. The first kappa shape index (κ1) is 16.1. The van der Waals surface area contributed by atoms with E-state index in [2.05, 4.69) is 44.9 Å². The summed E-state index contributed by atoms with van der Waals surface area (Å²) in [7, 11) is 0. The van der Waals surface area contributed by atoms with Gasteiger partial charge in [0.05, 0.1) is 0 Å². The molecule has 0 aliphatic heterocycles. The molecule has 0 bridgehead atoms. The van der Waals surface area contributed by atoms with Crippen molar-refractivity contribution >= 4 is 23.1 Å². The summed E-state index contributed by atoms with van der Waals surface area (Å²) < 4.78 is 0. The van der Waals surface area contributed by atoms with Crippen LogP contribution in [0.5, 0.6) is 0 Å². The molecule has 2 aromatic heterocycles. The summed E-state index contributed by atoms with van der Waals surface area (Å²) in [5.74, 6) is 1.50. The summed E-state index contributed by atoms with van der Waals surface area (Å²) in [6.45, 7) is 4.47. The minimum Gasteiger partial charge on any atom is -0.261 e. The van der Waals surface area contributed by atoms with E-state index in [-0.39, 0.29) is 5.41 Å². The number of nitrogens with one attached hydrogen (secondary N) is 2. The Labute approximate surface area is 142 Å². The Bertz CT molecular complexity index is 660. The Morgan fingerprint density at radius 3 is 1.75 bits per heavy atom. The summed E-state index contributed by atoms with van der Waals surface area (Å²) in [6, 6.07) is 11.4. The van der Waals surface area contributed by atoms with E-state index in [1.54, 1.807) is 12.4 Å². The van der Waals surface area contributed by atoms with Crippen molar-refractivity contribution in [2.75, 3.05) is 10.9 Å². The minimum atomic E-state index is 0.132. The second-order valence-electron chi connectivity index (χ2n) is 6.70. The van der Waals surface area contributed by atoms with Crippen molar-refractivity contribution in [3.63, 3.8) is 0 Å². The lowest BCUT2D eigenvalue weighted by Gasteiger charge is -2.31. The number of nitrogens with zero attached hydrogens (tertiary/aromatic N) is 4. The predicted molar refractivity (Wildman–Crippen MR) is 98.2 cm³/mol. The summed E-state index contributed by atoms with van der Waals surface area (Å²) >= 11 is 0. The maximum Gasteiger partial charge on any atom is 0.146 e. The molecule has 3 rings (SSSR count). The van der Waals surface area contributed by atoms with E-state index in [0.29, 0.717) is 0 Å². The third kappa shape index (κ3) is 4.62. The molecular weight excluding hydrogens is 300 g/mol. The number of hydrazone groups is 2. The van der Waals surface area contributed by atoms with E-state index in [1.807, 2.05) is 36.4 Å². The number of pyridine rings is 2. The Morgan fingerprint density at radius 1 is 0.833 bits per heavy atom. The van der Waals surface area contributed by atoms with Gasteiger partial charge in [-0.05, 0) is 42.5 Å². The smallest absolute Gasteiger partial charge is 0.146 e. The van der Waals surface area contributed by atoms with E-state index in [1.165, 1.54) is 0 Å². The highest BCUT2D eigenvalue weighted by atomic mass is 15.3. The monoisotopic (exact) mass is 322 g/mol. The Hall–Kier alpha value is -2.76. The number of aromatic nitrogens is 2. The van der Waals surface area contributed by atoms with Gasteiger partial charge in [0.1, 0.15) is 11.6 Å². The Balaban J connectivity index is 1.70. The van der Waals surface area contributed by atoms with Gasteiger partial charge in [0.2, 0.25) is 0 Å². The quantitative estimate of drug-likeness (QED) is 0.837. The summed E-state index contributed by atoms with van der Waals surface area (Å²) in [6.07, 6.45) is 6.13. The van der Waals surface area contributed by atoms with Crippen LogP contribution in [0.2, 0.25) is 0 Å². The molecule has 0 atom stereocenters.